The zero-order chi connectivity index (χ0) is 30.2. The summed E-state index contributed by atoms with van der Waals surface area (Å²) in [6.45, 7) is 3.06. The first-order chi connectivity index (χ1) is 18.5. The summed E-state index contributed by atoms with van der Waals surface area (Å²) in [6, 6.07) is 2.18. The molecule has 1 amide bonds. The number of methoxy groups -OCH3 is 3. The maximum Gasteiger partial charge on any atom is 0.416 e. The Kier molecular flexibility index (Phi) is 8.53. The van der Waals surface area contributed by atoms with Crippen LogP contribution in [0.1, 0.15) is 48.4 Å². The van der Waals surface area contributed by atoms with E-state index in [9.17, 15) is 41.0 Å². The number of carbonyl (C=O) groups excluding carboxylic acids is 2. The molecule has 0 fully saturated rings. The van der Waals surface area contributed by atoms with Gasteiger partial charge in [-0.2, -0.15) is 26.3 Å². The minimum atomic E-state index is -5.25. The number of rotatable bonds is 6. The van der Waals surface area contributed by atoms with Gasteiger partial charge < -0.3 is 24.1 Å². The molecule has 1 N–H and O–H groups in total. The van der Waals surface area contributed by atoms with Crippen LogP contribution >= 0.6 is 0 Å². The van der Waals surface area contributed by atoms with Gasteiger partial charge in [0, 0.05) is 18.0 Å². The molecule has 8 nitrogen and oxygen atoms in total. The van der Waals surface area contributed by atoms with E-state index < -0.39 is 58.7 Å². The van der Waals surface area contributed by atoms with Gasteiger partial charge in [-0.3, -0.25) is 4.90 Å². The lowest BCUT2D eigenvalue weighted by Gasteiger charge is -2.44. The van der Waals surface area contributed by atoms with Crippen molar-refractivity contribution in [3.63, 3.8) is 0 Å². The molecule has 0 radical (unpaired) electrons. The summed E-state index contributed by atoms with van der Waals surface area (Å²) in [7, 11) is 3.40. The van der Waals surface area contributed by atoms with E-state index in [-0.39, 0.29) is 54.0 Å². The molecular formula is C26H27F6NO7. The van der Waals surface area contributed by atoms with Gasteiger partial charge in [-0.25, -0.2) is 9.59 Å². The standard InChI is InChI=1S/C26H27F6NO7/c1-6-40-23(35)33-13(2)7-18(17-11-20(37-3)21(38-4)12-19(17)33)24(36,22(34)39-5)14-8-15(25(27,28)29)10-16(9-14)26(30,31)32/h8-13,18,36H,6-7H2,1-5H3/t13-,18+,24-/m1/s1. The summed E-state index contributed by atoms with van der Waals surface area (Å²) >= 11 is 0. The van der Waals surface area contributed by atoms with Crippen LogP contribution in [-0.2, 0) is 32.2 Å². The number of halogens is 6. The van der Waals surface area contributed by atoms with E-state index in [1.54, 1.807) is 6.92 Å². The zero-order valence-electron chi connectivity index (χ0n) is 22.1. The van der Waals surface area contributed by atoms with Gasteiger partial charge in [0.05, 0.1) is 44.8 Å². The molecule has 1 aliphatic heterocycles. The minimum Gasteiger partial charge on any atom is -0.493 e. The number of amides is 1. The van der Waals surface area contributed by atoms with Crippen LogP contribution in [0, 0.1) is 0 Å². The number of hydrogen-bond donors (Lipinski definition) is 1. The van der Waals surface area contributed by atoms with Gasteiger partial charge in [0.25, 0.3) is 0 Å². The molecule has 40 heavy (non-hydrogen) atoms. The Morgan fingerprint density at radius 2 is 1.40 bits per heavy atom. The van der Waals surface area contributed by atoms with Gasteiger partial charge in [0.15, 0.2) is 17.1 Å². The first-order valence-electron chi connectivity index (χ1n) is 11.9. The molecule has 0 aliphatic carbocycles. The zero-order valence-corrected chi connectivity index (χ0v) is 22.1. The van der Waals surface area contributed by atoms with E-state index in [2.05, 4.69) is 0 Å². The third kappa shape index (κ3) is 5.49. The molecule has 2 aromatic carbocycles. The number of esters is 1. The van der Waals surface area contributed by atoms with Crippen molar-refractivity contribution >= 4 is 17.7 Å². The number of fused-ring (bicyclic) bond motifs is 1. The molecule has 3 rings (SSSR count). The second-order valence-corrected chi connectivity index (χ2v) is 9.02. The topological polar surface area (TPSA) is 94.5 Å². The van der Waals surface area contributed by atoms with Crippen molar-refractivity contribution in [3.05, 3.63) is 52.6 Å². The summed E-state index contributed by atoms with van der Waals surface area (Å²) in [5, 5.41) is 11.9. The highest BCUT2D eigenvalue weighted by molar-refractivity contribution is 5.92. The molecule has 220 valence electrons. The minimum absolute atomic E-state index is 0.00927. The molecule has 14 heteroatoms. The number of ether oxygens (including phenoxy) is 4. The summed E-state index contributed by atoms with van der Waals surface area (Å²) in [6.07, 6.45) is -11.6. The predicted octanol–water partition coefficient (Wildman–Crippen LogP) is 5.64. The molecule has 1 aliphatic rings. The van der Waals surface area contributed by atoms with Crippen LogP contribution in [0.3, 0.4) is 0 Å². The lowest BCUT2D eigenvalue weighted by molar-refractivity contribution is -0.168. The number of carbonyl (C=O) groups is 2. The monoisotopic (exact) mass is 579 g/mol. The maximum atomic E-state index is 13.7. The van der Waals surface area contributed by atoms with Gasteiger partial charge in [-0.15, -0.1) is 0 Å². The number of nitrogens with zero attached hydrogens (tertiary/aromatic N) is 1. The SMILES string of the molecule is CCOC(=O)N1c2cc(OC)c(OC)cc2[C@@H]([C@@](O)(C(=O)OC)c2cc(C(F)(F)F)cc(C(F)(F)F)c2)C[C@H]1C. The smallest absolute Gasteiger partial charge is 0.416 e. The van der Waals surface area contributed by atoms with Crippen molar-refractivity contribution in [2.24, 2.45) is 0 Å². The summed E-state index contributed by atoms with van der Waals surface area (Å²) in [4.78, 5) is 27.2. The normalized spacial score (nSPS) is 18.9. The Balaban J connectivity index is 2.41. The number of benzene rings is 2. The van der Waals surface area contributed by atoms with E-state index in [1.807, 2.05) is 0 Å². The van der Waals surface area contributed by atoms with E-state index >= 15 is 0 Å². The van der Waals surface area contributed by atoms with Crippen LogP contribution < -0.4 is 14.4 Å². The second-order valence-electron chi connectivity index (χ2n) is 9.02. The van der Waals surface area contributed by atoms with Gasteiger partial charge in [0.1, 0.15) is 0 Å². The third-order valence-corrected chi connectivity index (χ3v) is 6.68. The first-order valence-corrected chi connectivity index (χ1v) is 11.9. The fraction of sp³-hybridized carbons (Fsp3) is 0.462. The van der Waals surface area contributed by atoms with Crippen LogP contribution in [0.5, 0.6) is 11.5 Å². The van der Waals surface area contributed by atoms with Crippen LogP contribution in [0.25, 0.3) is 0 Å². The fourth-order valence-corrected chi connectivity index (χ4v) is 4.84. The molecule has 0 saturated heterocycles. The van der Waals surface area contributed by atoms with Crippen LogP contribution in [-0.4, -0.2) is 51.1 Å². The van der Waals surface area contributed by atoms with Crippen LogP contribution in [0.4, 0.5) is 36.8 Å². The molecule has 0 aromatic heterocycles. The highest BCUT2D eigenvalue weighted by atomic mass is 19.4. The van der Waals surface area contributed by atoms with Gasteiger partial charge in [-0.05, 0) is 55.7 Å². The van der Waals surface area contributed by atoms with Crippen molar-refractivity contribution in [1.29, 1.82) is 0 Å². The Bertz CT molecular complexity index is 1250. The van der Waals surface area contributed by atoms with Crippen molar-refractivity contribution in [2.45, 2.75) is 50.2 Å². The number of alkyl halides is 6. The molecule has 2 aromatic rings. The van der Waals surface area contributed by atoms with Crippen molar-refractivity contribution in [2.75, 3.05) is 32.8 Å². The van der Waals surface area contributed by atoms with Crippen LogP contribution in [0.15, 0.2) is 30.3 Å². The maximum absolute atomic E-state index is 13.7. The molecule has 0 spiro atoms. The molecule has 0 saturated carbocycles. The van der Waals surface area contributed by atoms with Crippen molar-refractivity contribution < 1.29 is 60.0 Å². The van der Waals surface area contributed by atoms with E-state index in [0.717, 1.165) is 7.11 Å². The summed E-state index contributed by atoms with van der Waals surface area (Å²) < 4.78 is 103. The highest BCUT2D eigenvalue weighted by Crippen LogP contribution is 2.52. The highest BCUT2D eigenvalue weighted by Gasteiger charge is 2.53. The Morgan fingerprint density at radius 1 is 0.900 bits per heavy atom. The molecule has 3 atom stereocenters. The Hall–Kier alpha value is -3.68. The molecule has 1 heterocycles. The van der Waals surface area contributed by atoms with Crippen molar-refractivity contribution in [1.82, 2.24) is 0 Å². The van der Waals surface area contributed by atoms with E-state index in [0.29, 0.717) is 0 Å². The molecule has 0 bridgehead atoms. The first kappa shape index (κ1) is 30.9. The number of hydrogen-bond acceptors (Lipinski definition) is 7. The lowest BCUT2D eigenvalue weighted by Crippen LogP contribution is -2.50. The average Bonchev–Trinajstić information content (AvgIpc) is 2.89. The second kappa shape index (κ2) is 11.1. The van der Waals surface area contributed by atoms with Crippen molar-refractivity contribution in [3.8, 4) is 11.5 Å². The third-order valence-electron chi connectivity index (χ3n) is 6.68. The fourth-order valence-electron chi connectivity index (χ4n) is 4.84. The largest absolute Gasteiger partial charge is 0.493 e. The molecule has 0 unspecified atom stereocenters. The Morgan fingerprint density at radius 3 is 1.85 bits per heavy atom. The predicted molar refractivity (Wildman–Crippen MR) is 128 cm³/mol. The lowest BCUT2D eigenvalue weighted by atomic mass is 9.71. The number of anilines is 1. The molecular weight excluding hydrogens is 552 g/mol. The quantitative estimate of drug-likeness (QED) is 0.350. The number of aliphatic hydroxyl groups is 1. The summed E-state index contributed by atoms with van der Waals surface area (Å²) in [5.41, 5.74) is -7.51. The average molecular weight is 579 g/mol. The Labute approximate surface area is 225 Å². The van der Waals surface area contributed by atoms with Gasteiger partial charge in [-0.1, -0.05) is 0 Å². The van der Waals surface area contributed by atoms with Gasteiger partial charge >= 0.3 is 24.4 Å². The van der Waals surface area contributed by atoms with E-state index in [1.165, 1.54) is 38.2 Å². The summed E-state index contributed by atoms with van der Waals surface area (Å²) in [5.74, 6) is -2.86. The van der Waals surface area contributed by atoms with Crippen LogP contribution in [0.2, 0.25) is 0 Å². The van der Waals surface area contributed by atoms with Gasteiger partial charge in [0.2, 0.25) is 0 Å². The van der Waals surface area contributed by atoms with E-state index in [4.69, 9.17) is 18.9 Å².